The lowest BCUT2D eigenvalue weighted by Gasteiger charge is -2.46. The molecule has 4 rings (SSSR count). The smallest absolute Gasteiger partial charge is 0.261 e. The van der Waals surface area contributed by atoms with Crippen LogP contribution in [-0.4, -0.2) is 58.6 Å². The lowest BCUT2D eigenvalue weighted by atomic mass is 9.96. The van der Waals surface area contributed by atoms with Crippen LogP contribution < -0.4 is 10.4 Å². The fourth-order valence-corrected chi connectivity index (χ4v) is 18.2. The number of fused-ring (bicyclic) bond motifs is 1. The zero-order valence-electron chi connectivity index (χ0n) is 28.4. The van der Waals surface area contributed by atoms with Gasteiger partial charge in [-0.05, 0) is 51.8 Å². The molecule has 43 heavy (non-hydrogen) atoms. The molecule has 5 nitrogen and oxygen atoms in total. The summed E-state index contributed by atoms with van der Waals surface area (Å²) >= 11 is 0. The Bertz CT molecular complexity index is 1090. The van der Waals surface area contributed by atoms with Crippen LogP contribution in [-0.2, 0) is 18.3 Å². The van der Waals surface area contributed by atoms with E-state index in [0.717, 1.165) is 12.8 Å². The molecule has 0 unspecified atom stereocenters. The predicted octanol–water partition coefficient (Wildman–Crippen LogP) is 7.56. The average molecular weight is 627 g/mol. The minimum atomic E-state index is -2.63. The number of aliphatic hydroxyl groups excluding tert-OH is 1. The maximum absolute atomic E-state index is 10.1. The van der Waals surface area contributed by atoms with Gasteiger partial charge in [-0.2, -0.15) is 0 Å². The molecule has 240 valence electrons. The van der Waals surface area contributed by atoms with E-state index < -0.39 is 28.5 Å². The van der Waals surface area contributed by atoms with E-state index in [0.29, 0.717) is 36.1 Å². The molecular weight excluding hydrogens is 569 g/mol. The highest BCUT2D eigenvalue weighted by molar-refractivity contribution is 6.99. The van der Waals surface area contributed by atoms with Gasteiger partial charge in [-0.15, -0.1) is 0 Å². The van der Waals surface area contributed by atoms with E-state index in [9.17, 15) is 5.11 Å². The third-order valence-corrected chi connectivity index (χ3v) is 21.2. The van der Waals surface area contributed by atoms with Crippen molar-refractivity contribution in [2.45, 2.75) is 147 Å². The second-order valence-corrected chi connectivity index (χ2v) is 24.7. The van der Waals surface area contributed by atoms with E-state index in [-0.39, 0.29) is 23.4 Å². The number of aliphatic hydroxyl groups is 1. The Balaban J connectivity index is 1.60. The van der Waals surface area contributed by atoms with Crippen molar-refractivity contribution in [3.8, 4) is 0 Å². The Morgan fingerprint density at radius 3 is 1.79 bits per heavy atom. The molecule has 0 aromatic heterocycles. The normalized spacial score (nSPS) is 25.3. The number of hydrogen-bond acceptors (Lipinski definition) is 5. The van der Waals surface area contributed by atoms with E-state index in [4.69, 9.17) is 18.3 Å². The van der Waals surface area contributed by atoms with Gasteiger partial charge in [0.25, 0.3) is 8.32 Å². The molecule has 0 radical (unpaired) electrons. The molecule has 5 atom stereocenters. The molecule has 0 bridgehead atoms. The molecule has 2 heterocycles. The molecule has 2 fully saturated rings. The number of epoxide rings is 1. The molecule has 2 aliphatic heterocycles. The molecule has 7 heteroatoms. The zero-order chi connectivity index (χ0) is 31.6. The molecule has 2 saturated heterocycles. The molecule has 2 aromatic carbocycles. The van der Waals surface area contributed by atoms with Gasteiger partial charge in [0.2, 0.25) is 8.32 Å². The van der Waals surface area contributed by atoms with E-state index in [1.54, 1.807) is 0 Å². The molecule has 0 aliphatic carbocycles. The van der Waals surface area contributed by atoms with Gasteiger partial charge in [0.1, 0.15) is 6.10 Å². The zero-order valence-corrected chi connectivity index (χ0v) is 30.4. The van der Waals surface area contributed by atoms with Crippen LogP contribution in [0.3, 0.4) is 0 Å². The van der Waals surface area contributed by atoms with Crippen molar-refractivity contribution in [3.63, 3.8) is 0 Å². The predicted molar refractivity (Wildman–Crippen MR) is 182 cm³/mol. The monoisotopic (exact) mass is 626 g/mol. The third kappa shape index (κ3) is 6.93. The van der Waals surface area contributed by atoms with Gasteiger partial charge in [-0.3, -0.25) is 0 Å². The largest absolute Gasteiger partial charge is 0.410 e. The summed E-state index contributed by atoms with van der Waals surface area (Å²) in [5.41, 5.74) is 1.49. The van der Waals surface area contributed by atoms with Crippen LogP contribution in [0, 0.1) is 0 Å². The minimum Gasteiger partial charge on any atom is -0.410 e. The Hall–Kier alpha value is -1.33. The van der Waals surface area contributed by atoms with Crippen LogP contribution in [0.15, 0.2) is 60.7 Å². The van der Waals surface area contributed by atoms with Crippen molar-refractivity contribution < 1.29 is 23.4 Å². The first-order valence-corrected chi connectivity index (χ1v) is 20.7. The fraction of sp³-hybridized carbons (Fsp3) is 0.667. The quantitative estimate of drug-likeness (QED) is 0.173. The fourth-order valence-electron chi connectivity index (χ4n) is 8.08. The summed E-state index contributed by atoms with van der Waals surface area (Å²) in [6.07, 6.45) is 2.42. The van der Waals surface area contributed by atoms with Crippen LogP contribution in [0.2, 0.25) is 21.7 Å². The van der Waals surface area contributed by atoms with Gasteiger partial charge in [0, 0.05) is 19.4 Å². The van der Waals surface area contributed by atoms with Gasteiger partial charge >= 0.3 is 0 Å². The summed E-state index contributed by atoms with van der Waals surface area (Å²) in [6, 6.07) is 21.7. The van der Waals surface area contributed by atoms with Crippen LogP contribution in [0.5, 0.6) is 0 Å². The number of rotatable bonds is 14. The van der Waals surface area contributed by atoms with E-state index in [2.05, 4.69) is 123 Å². The molecule has 2 aromatic rings. The average Bonchev–Trinajstić information content (AvgIpc) is 3.67. The van der Waals surface area contributed by atoms with Crippen molar-refractivity contribution in [1.82, 2.24) is 0 Å². The van der Waals surface area contributed by atoms with Crippen LogP contribution in [0.1, 0.15) is 94.9 Å². The maximum atomic E-state index is 10.1. The highest BCUT2D eigenvalue weighted by Gasteiger charge is 2.67. The molecular formula is C36H58O5Si2. The first-order chi connectivity index (χ1) is 20.2. The standard InChI is InChI=1S/C36H58O5Si2/c1-26(2)42(27(3)4,28(5)6)41-33-25-30(39-36(34(33)40-36)23-21-29(7)37)22-24-38-43(35(8,9)10,31-17-13-11-14-18-31)32-19-15-12-16-20-32/h11-20,26-30,33-34,37H,21-25H2,1-10H3/t29-,30-,33+,34-,36-/m1/s1. The van der Waals surface area contributed by atoms with Crippen molar-refractivity contribution >= 4 is 27.0 Å². The van der Waals surface area contributed by atoms with E-state index >= 15 is 0 Å². The van der Waals surface area contributed by atoms with Crippen molar-refractivity contribution in [1.29, 1.82) is 0 Å². The second-order valence-electron chi connectivity index (χ2n) is 15.0. The topological polar surface area (TPSA) is 60.5 Å². The Labute approximate surface area is 263 Å². The lowest BCUT2D eigenvalue weighted by molar-refractivity contribution is -0.127. The van der Waals surface area contributed by atoms with Crippen molar-refractivity contribution in [2.24, 2.45) is 0 Å². The Morgan fingerprint density at radius 2 is 1.35 bits per heavy atom. The first-order valence-electron chi connectivity index (χ1n) is 16.7. The summed E-state index contributed by atoms with van der Waals surface area (Å²) in [5, 5.41) is 12.6. The van der Waals surface area contributed by atoms with Crippen molar-refractivity contribution in [3.05, 3.63) is 60.7 Å². The minimum absolute atomic E-state index is 0.000481. The lowest BCUT2D eigenvalue weighted by Crippen LogP contribution is -2.66. The number of ether oxygens (including phenoxy) is 2. The molecule has 1 N–H and O–H groups in total. The van der Waals surface area contributed by atoms with Crippen LogP contribution >= 0.6 is 0 Å². The van der Waals surface area contributed by atoms with Gasteiger partial charge in [0.15, 0.2) is 5.79 Å². The van der Waals surface area contributed by atoms with E-state index in [1.807, 2.05) is 6.92 Å². The van der Waals surface area contributed by atoms with Crippen molar-refractivity contribution in [2.75, 3.05) is 6.61 Å². The molecule has 0 spiro atoms. The maximum Gasteiger partial charge on any atom is 0.261 e. The summed E-state index contributed by atoms with van der Waals surface area (Å²) in [6.45, 7) is 23.5. The summed E-state index contributed by atoms with van der Waals surface area (Å²) in [4.78, 5) is 0. The summed E-state index contributed by atoms with van der Waals surface area (Å²) in [7, 11) is -4.75. The van der Waals surface area contributed by atoms with Gasteiger partial charge in [-0.1, -0.05) is 123 Å². The Kier molecular flexibility index (Phi) is 10.9. The number of benzene rings is 2. The second kappa shape index (κ2) is 13.6. The highest BCUT2D eigenvalue weighted by Crippen LogP contribution is 2.54. The van der Waals surface area contributed by atoms with Gasteiger partial charge in [0.05, 0.1) is 18.3 Å². The molecule has 2 aliphatic rings. The molecule has 0 saturated carbocycles. The summed E-state index contributed by atoms with van der Waals surface area (Å²) < 4.78 is 27.8. The van der Waals surface area contributed by atoms with Gasteiger partial charge in [-0.25, -0.2) is 0 Å². The van der Waals surface area contributed by atoms with E-state index in [1.165, 1.54) is 10.4 Å². The van der Waals surface area contributed by atoms with Gasteiger partial charge < -0.3 is 23.4 Å². The van der Waals surface area contributed by atoms with Crippen LogP contribution in [0.25, 0.3) is 0 Å². The Morgan fingerprint density at radius 1 is 0.837 bits per heavy atom. The third-order valence-electron chi connectivity index (χ3n) is 10.1. The summed E-state index contributed by atoms with van der Waals surface area (Å²) in [5.74, 6) is -0.660. The SMILES string of the molecule is CC(C)[Si](O[C@H]1C[C@@H](CCO[Si](c2ccccc2)(c2ccccc2)C(C)(C)C)O[C@]2(CC[C@@H](C)O)O[C@H]12)(C(C)C)C(C)C. The first kappa shape index (κ1) is 34.5. The molecule has 0 amide bonds. The van der Waals surface area contributed by atoms with Crippen LogP contribution in [0.4, 0.5) is 0 Å². The number of hydrogen-bond donors (Lipinski definition) is 1. The highest BCUT2D eigenvalue weighted by atomic mass is 28.4.